The molecule has 2 nitrogen and oxygen atoms in total. The molecule has 0 aromatic heterocycles. The van der Waals surface area contributed by atoms with E-state index in [9.17, 15) is 4.79 Å². The van der Waals surface area contributed by atoms with E-state index in [1.54, 1.807) is 0 Å². The SMILES string of the molecule is CCC1(CC)CCN(c2ccc(C=O)c(Br)c2)C1. The van der Waals surface area contributed by atoms with Crippen LogP contribution < -0.4 is 4.90 Å². The van der Waals surface area contributed by atoms with Crippen molar-refractivity contribution in [3.63, 3.8) is 0 Å². The number of aldehydes is 1. The summed E-state index contributed by atoms with van der Waals surface area (Å²) in [5.41, 5.74) is 2.42. The number of rotatable bonds is 4. The number of halogens is 1. The third-order valence-corrected chi connectivity index (χ3v) is 5.10. The normalized spacial score (nSPS) is 18.1. The summed E-state index contributed by atoms with van der Waals surface area (Å²) < 4.78 is 0.889. The van der Waals surface area contributed by atoms with Crippen LogP contribution in [0.2, 0.25) is 0 Å². The van der Waals surface area contributed by atoms with E-state index in [1.165, 1.54) is 24.9 Å². The number of anilines is 1. The van der Waals surface area contributed by atoms with E-state index < -0.39 is 0 Å². The molecule has 2 rings (SSSR count). The average molecular weight is 310 g/mol. The monoisotopic (exact) mass is 309 g/mol. The number of carbonyl (C=O) groups is 1. The molecule has 1 aliphatic rings. The minimum absolute atomic E-state index is 0.482. The Hall–Kier alpha value is -0.830. The second kappa shape index (κ2) is 5.43. The standard InChI is InChI=1S/C15H20BrNO/c1-3-15(4-2)7-8-17(11-15)13-6-5-12(10-18)14(16)9-13/h5-6,9-10H,3-4,7-8,11H2,1-2H3. The van der Waals surface area contributed by atoms with Crippen molar-refractivity contribution in [1.29, 1.82) is 0 Å². The maximum absolute atomic E-state index is 10.8. The molecule has 0 unspecified atom stereocenters. The average Bonchev–Trinajstić information content (AvgIpc) is 2.84. The van der Waals surface area contributed by atoms with Crippen LogP contribution in [0, 0.1) is 5.41 Å². The lowest BCUT2D eigenvalue weighted by molar-refractivity contribution is 0.112. The van der Waals surface area contributed by atoms with E-state index in [4.69, 9.17) is 0 Å². The molecule has 1 fully saturated rings. The highest BCUT2D eigenvalue weighted by atomic mass is 79.9. The van der Waals surface area contributed by atoms with Crippen molar-refractivity contribution >= 4 is 27.9 Å². The molecular formula is C15H20BrNO. The first-order chi connectivity index (χ1) is 8.64. The topological polar surface area (TPSA) is 20.3 Å². The van der Waals surface area contributed by atoms with Crippen LogP contribution in [-0.4, -0.2) is 19.4 Å². The summed E-state index contributed by atoms with van der Waals surface area (Å²) in [6, 6.07) is 6.01. The van der Waals surface area contributed by atoms with Gasteiger partial charge in [0.25, 0.3) is 0 Å². The zero-order chi connectivity index (χ0) is 13.2. The Kier molecular flexibility index (Phi) is 4.10. The van der Waals surface area contributed by atoms with Crippen LogP contribution in [0.3, 0.4) is 0 Å². The number of nitrogens with zero attached hydrogens (tertiary/aromatic N) is 1. The Labute approximate surface area is 117 Å². The van der Waals surface area contributed by atoms with E-state index in [2.05, 4.69) is 46.8 Å². The molecule has 0 radical (unpaired) electrons. The highest BCUT2D eigenvalue weighted by Gasteiger charge is 2.34. The Bertz CT molecular complexity index is 440. The smallest absolute Gasteiger partial charge is 0.151 e. The fraction of sp³-hybridized carbons (Fsp3) is 0.533. The second-order valence-corrected chi connectivity index (χ2v) is 6.06. The van der Waals surface area contributed by atoms with Crippen LogP contribution >= 0.6 is 15.9 Å². The van der Waals surface area contributed by atoms with Crippen LogP contribution in [0.15, 0.2) is 22.7 Å². The van der Waals surface area contributed by atoms with Crippen molar-refractivity contribution < 1.29 is 4.79 Å². The number of hydrogen-bond acceptors (Lipinski definition) is 2. The van der Waals surface area contributed by atoms with Crippen molar-refractivity contribution in [2.75, 3.05) is 18.0 Å². The lowest BCUT2D eigenvalue weighted by atomic mass is 9.82. The van der Waals surface area contributed by atoms with Gasteiger partial charge in [-0.25, -0.2) is 0 Å². The fourth-order valence-electron chi connectivity index (χ4n) is 2.79. The lowest BCUT2D eigenvalue weighted by Crippen LogP contribution is -2.26. The Morgan fingerprint density at radius 1 is 1.39 bits per heavy atom. The van der Waals surface area contributed by atoms with Crippen LogP contribution in [0.25, 0.3) is 0 Å². The summed E-state index contributed by atoms with van der Waals surface area (Å²) in [7, 11) is 0. The molecule has 0 spiro atoms. The summed E-state index contributed by atoms with van der Waals surface area (Å²) in [4.78, 5) is 13.2. The maximum atomic E-state index is 10.8. The molecule has 0 amide bonds. The van der Waals surface area contributed by atoms with Crippen molar-refractivity contribution in [3.05, 3.63) is 28.2 Å². The predicted molar refractivity (Wildman–Crippen MR) is 79.4 cm³/mol. The largest absolute Gasteiger partial charge is 0.371 e. The zero-order valence-corrected chi connectivity index (χ0v) is 12.7. The first kappa shape index (κ1) is 13.6. The molecule has 0 aliphatic carbocycles. The van der Waals surface area contributed by atoms with E-state index in [-0.39, 0.29) is 0 Å². The second-order valence-electron chi connectivity index (χ2n) is 5.20. The minimum atomic E-state index is 0.482. The van der Waals surface area contributed by atoms with E-state index >= 15 is 0 Å². The first-order valence-corrected chi connectivity index (χ1v) is 7.43. The molecule has 0 N–H and O–H groups in total. The molecule has 18 heavy (non-hydrogen) atoms. The Morgan fingerprint density at radius 2 is 2.11 bits per heavy atom. The van der Waals surface area contributed by atoms with Gasteiger partial charge in [0.1, 0.15) is 0 Å². The fourth-order valence-corrected chi connectivity index (χ4v) is 3.25. The van der Waals surface area contributed by atoms with Gasteiger partial charge in [0.05, 0.1) is 0 Å². The highest BCUT2D eigenvalue weighted by molar-refractivity contribution is 9.10. The molecule has 98 valence electrons. The van der Waals surface area contributed by atoms with Gasteiger partial charge in [0.2, 0.25) is 0 Å². The van der Waals surface area contributed by atoms with Crippen LogP contribution in [0.5, 0.6) is 0 Å². The molecular weight excluding hydrogens is 290 g/mol. The van der Waals surface area contributed by atoms with Gasteiger partial charge in [-0.3, -0.25) is 4.79 Å². The molecule has 1 aliphatic heterocycles. The van der Waals surface area contributed by atoms with Crippen LogP contribution in [-0.2, 0) is 0 Å². The Morgan fingerprint density at radius 3 is 2.61 bits per heavy atom. The first-order valence-electron chi connectivity index (χ1n) is 6.64. The third kappa shape index (κ3) is 2.46. The molecule has 1 saturated heterocycles. The quantitative estimate of drug-likeness (QED) is 0.774. The van der Waals surface area contributed by atoms with Gasteiger partial charge in [-0.1, -0.05) is 13.8 Å². The van der Waals surface area contributed by atoms with Gasteiger partial charge >= 0.3 is 0 Å². The van der Waals surface area contributed by atoms with Crippen LogP contribution in [0.1, 0.15) is 43.5 Å². The van der Waals surface area contributed by atoms with E-state index in [0.29, 0.717) is 5.41 Å². The molecule has 1 heterocycles. The van der Waals surface area contributed by atoms with E-state index in [1.807, 2.05) is 6.07 Å². The zero-order valence-electron chi connectivity index (χ0n) is 11.1. The van der Waals surface area contributed by atoms with Crippen molar-refractivity contribution in [3.8, 4) is 0 Å². The van der Waals surface area contributed by atoms with Gasteiger partial charge in [-0.15, -0.1) is 0 Å². The molecule has 0 bridgehead atoms. The summed E-state index contributed by atoms with van der Waals surface area (Å²) in [6.07, 6.45) is 4.65. The molecule has 1 aromatic carbocycles. The van der Waals surface area contributed by atoms with Gasteiger partial charge < -0.3 is 4.90 Å². The molecule has 1 aromatic rings. The van der Waals surface area contributed by atoms with Gasteiger partial charge in [-0.2, -0.15) is 0 Å². The number of hydrogen-bond donors (Lipinski definition) is 0. The van der Waals surface area contributed by atoms with Gasteiger partial charge in [-0.05, 0) is 58.8 Å². The van der Waals surface area contributed by atoms with Crippen molar-refractivity contribution in [1.82, 2.24) is 0 Å². The summed E-state index contributed by atoms with van der Waals surface area (Å²) in [5.74, 6) is 0. The van der Waals surface area contributed by atoms with Crippen molar-refractivity contribution in [2.24, 2.45) is 5.41 Å². The van der Waals surface area contributed by atoms with Gasteiger partial charge in [0, 0.05) is 28.8 Å². The Balaban J connectivity index is 2.19. The van der Waals surface area contributed by atoms with E-state index in [0.717, 1.165) is 29.4 Å². The third-order valence-electron chi connectivity index (χ3n) is 4.41. The molecule has 0 saturated carbocycles. The number of benzene rings is 1. The summed E-state index contributed by atoms with van der Waals surface area (Å²) in [6.45, 7) is 6.83. The summed E-state index contributed by atoms with van der Waals surface area (Å²) in [5, 5.41) is 0. The maximum Gasteiger partial charge on any atom is 0.151 e. The van der Waals surface area contributed by atoms with Gasteiger partial charge in [0.15, 0.2) is 6.29 Å². The number of carbonyl (C=O) groups excluding carboxylic acids is 1. The van der Waals surface area contributed by atoms with Crippen molar-refractivity contribution in [2.45, 2.75) is 33.1 Å². The minimum Gasteiger partial charge on any atom is -0.371 e. The molecule has 3 heteroatoms. The lowest BCUT2D eigenvalue weighted by Gasteiger charge is -2.27. The van der Waals surface area contributed by atoms with Crippen LogP contribution in [0.4, 0.5) is 5.69 Å². The molecule has 0 atom stereocenters. The predicted octanol–water partition coefficient (Wildman–Crippen LogP) is 4.28. The summed E-state index contributed by atoms with van der Waals surface area (Å²) >= 11 is 3.46. The highest BCUT2D eigenvalue weighted by Crippen LogP contribution is 2.39.